The number of aromatic nitrogens is 1. The summed E-state index contributed by atoms with van der Waals surface area (Å²) in [7, 11) is 1.54. The number of pyridine rings is 1. The molecular formula is C16H15ClF3N3O2. The van der Waals surface area contributed by atoms with Crippen molar-refractivity contribution in [1.29, 1.82) is 0 Å². The van der Waals surface area contributed by atoms with E-state index in [1.54, 1.807) is 7.11 Å². The molecule has 0 aliphatic carbocycles. The van der Waals surface area contributed by atoms with Crippen LogP contribution < -0.4 is 10.6 Å². The number of benzene rings is 1. The van der Waals surface area contributed by atoms with Crippen molar-refractivity contribution in [3.63, 3.8) is 0 Å². The second-order valence-electron chi connectivity index (χ2n) is 4.99. The second-order valence-corrected chi connectivity index (χ2v) is 5.43. The molecule has 134 valence electrons. The van der Waals surface area contributed by atoms with Gasteiger partial charge >= 0.3 is 6.18 Å². The molecule has 0 atom stereocenters. The van der Waals surface area contributed by atoms with Crippen molar-refractivity contribution in [3.8, 4) is 0 Å². The minimum atomic E-state index is -4.64. The van der Waals surface area contributed by atoms with E-state index in [1.165, 1.54) is 24.4 Å². The molecule has 9 heteroatoms. The van der Waals surface area contributed by atoms with Crippen LogP contribution in [-0.4, -0.2) is 31.2 Å². The van der Waals surface area contributed by atoms with Gasteiger partial charge in [-0.25, -0.2) is 4.98 Å². The van der Waals surface area contributed by atoms with E-state index >= 15 is 0 Å². The second kappa shape index (κ2) is 8.17. The maximum atomic E-state index is 13.1. The monoisotopic (exact) mass is 373 g/mol. The van der Waals surface area contributed by atoms with Gasteiger partial charge in [0, 0.05) is 30.4 Å². The van der Waals surface area contributed by atoms with Crippen LogP contribution in [0.3, 0.4) is 0 Å². The summed E-state index contributed by atoms with van der Waals surface area (Å²) in [6, 6.07) is 5.99. The lowest BCUT2D eigenvalue weighted by Crippen LogP contribution is -2.17. The number of hydrogen-bond donors (Lipinski definition) is 2. The highest BCUT2D eigenvalue weighted by atomic mass is 35.5. The van der Waals surface area contributed by atoms with Crippen molar-refractivity contribution in [2.45, 2.75) is 6.18 Å². The molecule has 2 aromatic rings. The van der Waals surface area contributed by atoms with E-state index in [4.69, 9.17) is 16.3 Å². The molecule has 1 aromatic heterocycles. The fraction of sp³-hybridized carbons (Fsp3) is 0.250. The number of ether oxygens (including phenoxy) is 1. The first-order valence-electron chi connectivity index (χ1n) is 7.18. The first kappa shape index (κ1) is 19.0. The third kappa shape index (κ3) is 5.33. The predicted molar refractivity (Wildman–Crippen MR) is 89.0 cm³/mol. The molecular weight excluding hydrogens is 359 g/mol. The molecule has 2 N–H and O–H groups in total. The fourth-order valence-electron chi connectivity index (χ4n) is 2.00. The van der Waals surface area contributed by atoms with Crippen molar-refractivity contribution in [3.05, 3.63) is 52.7 Å². The molecule has 0 bridgehead atoms. The Labute approximate surface area is 147 Å². The summed E-state index contributed by atoms with van der Waals surface area (Å²) in [6.45, 7) is 0.918. The van der Waals surface area contributed by atoms with Crippen molar-refractivity contribution >= 4 is 29.0 Å². The Kier molecular flexibility index (Phi) is 6.22. The molecule has 0 saturated heterocycles. The molecule has 0 spiro atoms. The van der Waals surface area contributed by atoms with E-state index in [0.29, 0.717) is 19.0 Å². The van der Waals surface area contributed by atoms with Gasteiger partial charge in [-0.15, -0.1) is 0 Å². The van der Waals surface area contributed by atoms with Crippen molar-refractivity contribution in [2.75, 3.05) is 30.9 Å². The fourth-order valence-corrected chi connectivity index (χ4v) is 2.18. The average molecular weight is 374 g/mol. The maximum Gasteiger partial charge on any atom is 0.418 e. The Hall–Kier alpha value is -2.32. The minimum Gasteiger partial charge on any atom is -0.383 e. The lowest BCUT2D eigenvalue weighted by molar-refractivity contribution is -0.136. The number of rotatable bonds is 6. The van der Waals surface area contributed by atoms with Gasteiger partial charge in [0.05, 0.1) is 17.9 Å². The number of halogens is 4. The number of alkyl halides is 3. The highest BCUT2D eigenvalue weighted by Crippen LogP contribution is 2.36. The van der Waals surface area contributed by atoms with Crippen molar-refractivity contribution in [2.24, 2.45) is 0 Å². The molecule has 0 unspecified atom stereocenters. The maximum absolute atomic E-state index is 13.1. The summed E-state index contributed by atoms with van der Waals surface area (Å²) < 4.78 is 44.1. The van der Waals surface area contributed by atoms with Gasteiger partial charge in [-0.05, 0) is 30.3 Å². The van der Waals surface area contributed by atoms with Crippen LogP contribution in [0, 0.1) is 0 Å². The molecule has 0 saturated carbocycles. The molecule has 1 aromatic carbocycles. The first-order valence-corrected chi connectivity index (χ1v) is 7.56. The van der Waals surface area contributed by atoms with Gasteiger partial charge in [-0.3, -0.25) is 4.79 Å². The minimum absolute atomic E-state index is 0.0705. The SMILES string of the molecule is COCCNc1cc(C(=O)Nc2ccc(Cl)cc2C(F)(F)F)ccn1. The van der Waals surface area contributed by atoms with E-state index < -0.39 is 17.6 Å². The number of carbonyl (C=O) groups is 1. The van der Waals surface area contributed by atoms with Crippen LogP contribution >= 0.6 is 11.6 Å². The van der Waals surface area contributed by atoms with Gasteiger partial charge in [0.2, 0.25) is 0 Å². The zero-order valence-electron chi connectivity index (χ0n) is 13.2. The highest BCUT2D eigenvalue weighted by molar-refractivity contribution is 6.30. The van der Waals surface area contributed by atoms with Gasteiger partial charge in [0.15, 0.2) is 0 Å². The molecule has 0 aliphatic heterocycles. The molecule has 2 rings (SSSR count). The summed E-state index contributed by atoms with van der Waals surface area (Å²) >= 11 is 5.62. The molecule has 0 aliphatic rings. The standard InChI is InChI=1S/C16H15ClF3N3O2/c1-25-7-6-22-14-8-10(4-5-21-14)15(24)23-13-3-2-11(17)9-12(13)16(18,19)20/h2-5,8-9H,6-7H2,1H3,(H,21,22)(H,23,24). The Morgan fingerprint density at radius 2 is 2.04 bits per heavy atom. The lowest BCUT2D eigenvalue weighted by Gasteiger charge is -2.14. The summed E-state index contributed by atoms with van der Waals surface area (Å²) in [6.07, 6.45) is -3.25. The average Bonchev–Trinajstić information content (AvgIpc) is 2.56. The Morgan fingerprint density at radius 3 is 2.72 bits per heavy atom. The quantitative estimate of drug-likeness (QED) is 0.749. The van der Waals surface area contributed by atoms with Gasteiger partial charge in [-0.1, -0.05) is 11.6 Å². The van der Waals surface area contributed by atoms with Gasteiger partial charge < -0.3 is 15.4 Å². The number of nitrogens with zero attached hydrogens (tertiary/aromatic N) is 1. The zero-order valence-corrected chi connectivity index (χ0v) is 13.9. The number of hydrogen-bond acceptors (Lipinski definition) is 4. The number of amides is 1. The molecule has 0 radical (unpaired) electrons. The van der Waals surface area contributed by atoms with Crippen LogP contribution in [0.25, 0.3) is 0 Å². The Bertz CT molecular complexity index is 754. The third-order valence-electron chi connectivity index (χ3n) is 3.17. The predicted octanol–water partition coefficient (Wildman–Crippen LogP) is 4.06. The van der Waals surface area contributed by atoms with Crippen LogP contribution in [0.15, 0.2) is 36.5 Å². The van der Waals surface area contributed by atoms with Crippen LogP contribution in [0.4, 0.5) is 24.7 Å². The van der Waals surface area contributed by atoms with E-state index in [2.05, 4.69) is 15.6 Å². The van der Waals surface area contributed by atoms with E-state index in [0.717, 1.165) is 12.1 Å². The molecule has 5 nitrogen and oxygen atoms in total. The normalized spacial score (nSPS) is 11.2. The number of carbonyl (C=O) groups excluding carboxylic acids is 1. The Morgan fingerprint density at radius 1 is 1.28 bits per heavy atom. The summed E-state index contributed by atoms with van der Waals surface area (Å²) in [5.74, 6) is -0.276. The molecule has 0 fully saturated rings. The molecule has 1 amide bonds. The zero-order chi connectivity index (χ0) is 18.4. The van der Waals surface area contributed by atoms with Crippen molar-refractivity contribution < 1.29 is 22.7 Å². The number of anilines is 2. The highest BCUT2D eigenvalue weighted by Gasteiger charge is 2.34. The van der Waals surface area contributed by atoms with Crippen LogP contribution in [0.1, 0.15) is 15.9 Å². The largest absolute Gasteiger partial charge is 0.418 e. The Balaban J connectivity index is 2.19. The summed E-state index contributed by atoms with van der Waals surface area (Å²) in [5, 5.41) is 5.12. The summed E-state index contributed by atoms with van der Waals surface area (Å²) in [5.41, 5.74) is -1.22. The number of methoxy groups -OCH3 is 1. The molecule has 25 heavy (non-hydrogen) atoms. The van der Waals surface area contributed by atoms with E-state index in [9.17, 15) is 18.0 Å². The summed E-state index contributed by atoms with van der Waals surface area (Å²) in [4.78, 5) is 16.3. The van der Waals surface area contributed by atoms with Gasteiger partial charge in [0.25, 0.3) is 5.91 Å². The van der Waals surface area contributed by atoms with Gasteiger partial charge in [0.1, 0.15) is 5.82 Å². The first-order chi connectivity index (χ1) is 11.8. The van der Waals surface area contributed by atoms with Crippen LogP contribution in [0.2, 0.25) is 5.02 Å². The topological polar surface area (TPSA) is 63.2 Å². The lowest BCUT2D eigenvalue weighted by atomic mass is 10.1. The van der Waals surface area contributed by atoms with Gasteiger partial charge in [-0.2, -0.15) is 13.2 Å². The van der Waals surface area contributed by atoms with E-state index in [1.807, 2.05) is 0 Å². The van der Waals surface area contributed by atoms with Crippen molar-refractivity contribution in [1.82, 2.24) is 4.98 Å². The third-order valence-corrected chi connectivity index (χ3v) is 3.40. The van der Waals surface area contributed by atoms with Crippen LogP contribution in [-0.2, 0) is 10.9 Å². The number of nitrogens with one attached hydrogen (secondary N) is 2. The molecule has 1 heterocycles. The van der Waals surface area contributed by atoms with E-state index in [-0.39, 0.29) is 16.3 Å². The van der Waals surface area contributed by atoms with Crippen LogP contribution in [0.5, 0.6) is 0 Å². The smallest absolute Gasteiger partial charge is 0.383 e.